The Bertz CT molecular complexity index is 718. The Labute approximate surface area is 126 Å². The fraction of sp³-hybridized carbons (Fsp3) is 0.125. The molecular formula is C16H14N2O4. The van der Waals surface area contributed by atoms with E-state index in [4.69, 9.17) is 8.83 Å². The van der Waals surface area contributed by atoms with Crippen molar-refractivity contribution < 1.29 is 18.7 Å². The number of hydrogen-bond acceptors (Lipinski definition) is 5. The van der Waals surface area contributed by atoms with Gasteiger partial charge in [0.15, 0.2) is 12.2 Å². The first-order valence-corrected chi connectivity index (χ1v) is 6.72. The number of carbonyl (C=O) groups is 1. The summed E-state index contributed by atoms with van der Waals surface area (Å²) in [5.74, 6) is 0.788. The minimum atomic E-state index is -0.868. The Morgan fingerprint density at radius 2 is 2.05 bits per heavy atom. The predicted molar refractivity (Wildman–Crippen MR) is 77.9 cm³/mol. The first-order chi connectivity index (χ1) is 10.7. The number of nitrogens with one attached hydrogen (secondary N) is 1. The van der Waals surface area contributed by atoms with E-state index in [0.29, 0.717) is 17.1 Å². The third kappa shape index (κ3) is 3.07. The lowest BCUT2D eigenvalue weighted by Gasteiger charge is -2.09. The molecule has 1 unspecified atom stereocenters. The van der Waals surface area contributed by atoms with Crippen LogP contribution in [0, 0.1) is 0 Å². The maximum atomic E-state index is 12.0. The van der Waals surface area contributed by atoms with E-state index in [2.05, 4.69) is 10.3 Å². The quantitative estimate of drug-likeness (QED) is 0.755. The number of aliphatic hydroxyl groups excluding tert-OH is 1. The van der Waals surface area contributed by atoms with Crippen molar-refractivity contribution in [2.24, 2.45) is 0 Å². The van der Waals surface area contributed by atoms with E-state index in [1.807, 2.05) is 0 Å². The van der Waals surface area contributed by atoms with E-state index in [1.54, 1.807) is 42.6 Å². The van der Waals surface area contributed by atoms with Gasteiger partial charge in [-0.2, -0.15) is 0 Å². The SMILES string of the molecule is O=C(NCC(O)c1ccco1)c1ccc(-c2cnco2)cc1. The van der Waals surface area contributed by atoms with Crippen LogP contribution in [0.3, 0.4) is 0 Å². The van der Waals surface area contributed by atoms with E-state index in [1.165, 1.54) is 12.7 Å². The molecule has 0 aliphatic heterocycles. The number of oxazole rings is 1. The van der Waals surface area contributed by atoms with Crippen molar-refractivity contribution in [1.29, 1.82) is 0 Å². The molecule has 2 N–H and O–H groups in total. The van der Waals surface area contributed by atoms with Crippen molar-refractivity contribution in [2.75, 3.05) is 6.54 Å². The molecule has 0 radical (unpaired) electrons. The Morgan fingerprint density at radius 1 is 1.23 bits per heavy atom. The van der Waals surface area contributed by atoms with Gasteiger partial charge in [-0.25, -0.2) is 4.98 Å². The van der Waals surface area contributed by atoms with Gasteiger partial charge in [0.25, 0.3) is 5.91 Å². The molecule has 6 heteroatoms. The summed E-state index contributed by atoms with van der Waals surface area (Å²) in [6.45, 7) is 0.0796. The van der Waals surface area contributed by atoms with E-state index in [-0.39, 0.29) is 12.5 Å². The summed E-state index contributed by atoms with van der Waals surface area (Å²) in [5.41, 5.74) is 1.33. The summed E-state index contributed by atoms with van der Waals surface area (Å²) >= 11 is 0. The first-order valence-electron chi connectivity index (χ1n) is 6.72. The molecule has 0 fully saturated rings. The van der Waals surface area contributed by atoms with Gasteiger partial charge in [0.05, 0.1) is 19.0 Å². The zero-order valence-corrected chi connectivity index (χ0v) is 11.6. The molecule has 2 aromatic heterocycles. The lowest BCUT2D eigenvalue weighted by molar-refractivity contribution is 0.0901. The largest absolute Gasteiger partial charge is 0.467 e. The molecule has 1 amide bonds. The molecule has 112 valence electrons. The summed E-state index contributed by atoms with van der Waals surface area (Å²) in [5, 5.41) is 12.5. The maximum absolute atomic E-state index is 12.0. The van der Waals surface area contributed by atoms with Crippen LogP contribution < -0.4 is 5.32 Å². The van der Waals surface area contributed by atoms with Gasteiger partial charge in [-0.3, -0.25) is 4.79 Å². The number of benzene rings is 1. The van der Waals surface area contributed by atoms with Crippen LogP contribution in [0.2, 0.25) is 0 Å². The Kier molecular flexibility index (Phi) is 4.02. The molecule has 22 heavy (non-hydrogen) atoms. The molecule has 1 aromatic carbocycles. The third-order valence-electron chi connectivity index (χ3n) is 3.19. The average Bonchev–Trinajstić information content (AvgIpc) is 3.25. The summed E-state index contributed by atoms with van der Waals surface area (Å²) in [6, 6.07) is 10.3. The van der Waals surface area contributed by atoms with Crippen molar-refractivity contribution in [1.82, 2.24) is 10.3 Å². The monoisotopic (exact) mass is 298 g/mol. The van der Waals surface area contributed by atoms with Crippen LogP contribution in [-0.2, 0) is 0 Å². The molecule has 6 nitrogen and oxygen atoms in total. The van der Waals surface area contributed by atoms with Crippen LogP contribution in [0.25, 0.3) is 11.3 Å². The van der Waals surface area contributed by atoms with Gasteiger partial charge in [-0.1, -0.05) is 12.1 Å². The molecule has 0 aliphatic rings. The highest BCUT2D eigenvalue weighted by molar-refractivity contribution is 5.94. The Morgan fingerprint density at radius 3 is 2.68 bits per heavy atom. The molecule has 1 atom stereocenters. The normalized spacial score (nSPS) is 12.0. The number of aromatic nitrogens is 1. The highest BCUT2D eigenvalue weighted by atomic mass is 16.4. The van der Waals surface area contributed by atoms with Gasteiger partial charge >= 0.3 is 0 Å². The zero-order valence-electron chi connectivity index (χ0n) is 11.6. The third-order valence-corrected chi connectivity index (χ3v) is 3.19. The summed E-state index contributed by atoms with van der Waals surface area (Å²) in [4.78, 5) is 15.9. The van der Waals surface area contributed by atoms with Crippen molar-refractivity contribution in [3.05, 3.63) is 66.6 Å². The van der Waals surface area contributed by atoms with Crippen LogP contribution in [0.15, 0.2) is 64.1 Å². The number of rotatable bonds is 5. The topological polar surface area (TPSA) is 88.5 Å². The highest BCUT2D eigenvalue weighted by Crippen LogP contribution is 2.19. The number of nitrogens with zero attached hydrogens (tertiary/aromatic N) is 1. The summed E-state index contributed by atoms with van der Waals surface area (Å²) < 4.78 is 10.3. The first kappa shape index (κ1) is 14.1. The molecule has 0 saturated heterocycles. The predicted octanol–water partition coefficient (Wildman–Crippen LogP) is 2.40. The second kappa shape index (κ2) is 6.28. The van der Waals surface area contributed by atoms with Crippen molar-refractivity contribution in [3.8, 4) is 11.3 Å². The summed E-state index contributed by atoms with van der Waals surface area (Å²) in [7, 11) is 0. The number of hydrogen-bond donors (Lipinski definition) is 2. The van der Waals surface area contributed by atoms with Crippen LogP contribution >= 0.6 is 0 Å². The van der Waals surface area contributed by atoms with Gasteiger partial charge in [0, 0.05) is 11.1 Å². The fourth-order valence-corrected chi connectivity index (χ4v) is 2.02. The van der Waals surface area contributed by atoms with E-state index < -0.39 is 6.10 Å². The highest BCUT2D eigenvalue weighted by Gasteiger charge is 2.13. The van der Waals surface area contributed by atoms with Crippen LogP contribution in [0.1, 0.15) is 22.2 Å². The lowest BCUT2D eigenvalue weighted by Crippen LogP contribution is -2.28. The second-order valence-electron chi connectivity index (χ2n) is 4.68. The summed E-state index contributed by atoms with van der Waals surface area (Å²) in [6.07, 6.45) is 3.57. The standard InChI is InChI=1S/C16H14N2O4/c19-13(14-2-1-7-21-14)8-18-16(20)12-5-3-11(4-6-12)15-9-17-10-22-15/h1-7,9-10,13,19H,8H2,(H,18,20). The molecule has 2 heterocycles. The van der Waals surface area contributed by atoms with Gasteiger partial charge in [-0.05, 0) is 24.3 Å². The lowest BCUT2D eigenvalue weighted by atomic mass is 10.1. The molecule has 3 aromatic rings. The van der Waals surface area contributed by atoms with Crippen molar-refractivity contribution >= 4 is 5.91 Å². The minimum absolute atomic E-state index is 0.0796. The number of aliphatic hydroxyl groups is 1. The van der Waals surface area contributed by atoms with Crippen LogP contribution in [0.5, 0.6) is 0 Å². The van der Waals surface area contributed by atoms with Gasteiger partial charge in [0.2, 0.25) is 0 Å². The average molecular weight is 298 g/mol. The number of amides is 1. The zero-order chi connectivity index (χ0) is 15.4. The Balaban J connectivity index is 1.60. The molecular weight excluding hydrogens is 284 g/mol. The van der Waals surface area contributed by atoms with E-state index in [0.717, 1.165) is 5.56 Å². The van der Waals surface area contributed by atoms with E-state index >= 15 is 0 Å². The Hall–Kier alpha value is -2.86. The molecule has 0 spiro atoms. The van der Waals surface area contributed by atoms with Gasteiger partial charge < -0.3 is 19.3 Å². The smallest absolute Gasteiger partial charge is 0.251 e. The minimum Gasteiger partial charge on any atom is -0.467 e. The fourth-order valence-electron chi connectivity index (χ4n) is 2.02. The molecule has 0 saturated carbocycles. The van der Waals surface area contributed by atoms with Gasteiger partial charge in [0.1, 0.15) is 11.9 Å². The number of furan rings is 1. The van der Waals surface area contributed by atoms with Crippen LogP contribution in [-0.4, -0.2) is 22.5 Å². The van der Waals surface area contributed by atoms with E-state index in [9.17, 15) is 9.90 Å². The van der Waals surface area contributed by atoms with Crippen molar-refractivity contribution in [3.63, 3.8) is 0 Å². The number of carbonyl (C=O) groups excluding carboxylic acids is 1. The second-order valence-corrected chi connectivity index (χ2v) is 4.68. The molecule has 0 bridgehead atoms. The van der Waals surface area contributed by atoms with Crippen LogP contribution in [0.4, 0.5) is 0 Å². The van der Waals surface area contributed by atoms with Crippen molar-refractivity contribution in [2.45, 2.75) is 6.10 Å². The maximum Gasteiger partial charge on any atom is 0.251 e. The molecule has 3 rings (SSSR count). The molecule has 0 aliphatic carbocycles. The van der Waals surface area contributed by atoms with Gasteiger partial charge in [-0.15, -0.1) is 0 Å².